The van der Waals surface area contributed by atoms with Crippen molar-refractivity contribution in [1.29, 1.82) is 0 Å². The van der Waals surface area contributed by atoms with Gasteiger partial charge in [0.1, 0.15) is 12.6 Å². The third kappa shape index (κ3) is 6.87. The van der Waals surface area contributed by atoms with Crippen molar-refractivity contribution >= 4 is 50.7 Å². The van der Waals surface area contributed by atoms with Crippen molar-refractivity contribution < 1.29 is 18.0 Å². The molecular formula is C28H31Cl2N3O4S. The Labute approximate surface area is 234 Å². The minimum Gasteiger partial charge on any atom is -0.355 e. The van der Waals surface area contributed by atoms with Crippen LogP contribution in [-0.4, -0.2) is 44.3 Å². The Morgan fingerprint density at radius 2 is 1.61 bits per heavy atom. The number of hydrogen-bond acceptors (Lipinski definition) is 4. The fourth-order valence-electron chi connectivity index (χ4n) is 3.82. The van der Waals surface area contributed by atoms with Gasteiger partial charge in [-0.05, 0) is 69.2 Å². The predicted octanol–water partition coefficient (Wildman–Crippen LogP) is 5.36. The number of hydrogen-bond donors (Lipinski definition) is 1. The molecule has 0 fully saturated rings. The highest BCUT2D eigenvalue weighted by Crippen LogP contribution is 2.29. The van der Waals surface area contributed by atoms with Gasteiger partial charge < -0.3 is 10.2 Å². The molecule has 7 nitrogen and oxygen atoms in total. The molecule has 202 valence electrons. The Hall–Kier alpha value is -3.07. The van der Waals surface area contributed by atoms with E-state index < -0.39 is 28.5 Å². The van der Waals surface area contributed by atoms with Crippen LogP contribution in [0, 0.1) is 13.8 Å². The van der Waals surface area contributed by atoms with Crippen molar-refractivity contribution in [2.75, 3.05) is 17.4 Å². The molecule has 0 aliphatic heterocycles. The van der Waals surface area contributed by atoms with Crippen LogP contribution in [0.5, 0.6) is 0 Å². The van der Waals surface area contributed by atoms with Gasteiger partial charge in [-0.15, -0.1) is 0 Å². The zero-order chi connectivity index (χ0) is 28.0. The van der Waals surface area contributed by atoms with E-state index in [0.29, 0.717) is 22.2 Å². The van der Waals surface area contributed by atoms with E-state index in [1.807, 2.05) is 6.92 Å². The number of anilines is 1. The van der Waals surface area contributed by atoms with E-state index in [9.17, 15) is 18.0 Å². The summed E-state index contributed by atoms with van der Waals surface area (Å²) in [7, 11) is -4.17. The van der Waals surface area contributed by atoms with Gasteiger partial charge in [-0.25, -0.2) is 8.42 Å². The third-order valence-electron chi connectivity index (χ3n) is 6.15. The molecule has 0 saturated carbocycles. The molecule has 0 unspecified atom stereocenters. The molecule has 1 N–H and O–H groups in total. The summed E-state index contributed by atoms with van der Waals surface area (Å²) in [4.78, 5) is 28.0. The zero-order valence-corrected chi connectivity index (χ0v) is 24.1. The fourth-order valence-corrected chi connectivity index (χ4v) is 5.59. The highest BCUT2D eigenvalue weighted by atomic mass is 35.5. The maximum absolute atomic E-state index is 13.8. The summed E-state index contributed by atoms with van der Waals surface area (Å²) < 4.78 is 28.7. The number of halogens is 2. The Bertz CT molecular complexity index is 1410. The molecule has 3 aromatic carbocycles. The van der Waals surface area contributed by atoms with Gasteiger partial charge in [0.2, 0.25) is 11.8 Å². The molecule has 10 heteroatoms. The summed E-state index contributed by atoms with van der Waals surface area (Å²) in [6, 6.07) is 17.3. The quantitative estimate of drug-likeness (QED) is 0.352. The molecule has 0 heterocycles. The van der Waals surface area contributed by atoms with Crippen LogP contribution < -0.4 is 9.62 Å². The van der Waals surface area contributed by atoms with Crippen LogP contribution in [0.2, 0.25) is 10.0 Å². The molecular weight excluding hydrogens is 545 g/mol. The summed E-state index contributed by atoms with van der Waals surface area (Å²) in [5.41, 5.74) is 2.52. The molecule has 3 rings (SSSR count). The fraction of sp³-hybridized carbons (Fsp3) is 0.286. The van der Waals surface area contributed by atoms with E-state index in [4.69, 9.17) is 23.2 Å². The minimum absolute atomic E-state index is 0.0177. The van der Waals surface area contributed by atoms with Crippen molar-refractivity contribution in [1.82, 2.24) is 10.2 Å². The van der Waals surface area contributed by atoms with Crippen LogP contribution in [0.3, 0.4) is 0 Å². The number of likely N-dealkylation sites (N-methyl/N-ethyl adjacent to an activating group) is 1. The Morgan fingerprint density at radius 1 is 0.947 bits per heavy atom. The largest absolute Gasteiger partial charge is 0.355 e. The van der Waals surface area contributed by atoms with Crippen LogP contribution >= 0.6 is 23.2 Å². The molecule has 1 atom stereocenters. The normalized spacial score (nSPS) is 12.1. The van der Waals surface area contributed by atoms with Crippen molar-refractivity contribution in [3.8, 4) is 0 Å². The maximum atomic E-state index is 13.8. The topological polar surface area (TPSA) is 86.8 Å². The molecule has 0 spiro atoms. The van der Waals surface area contributed by atoms with Gasteiger partial charge in [0.05, 0.1) is 10.6 Å². The summed E-state index contributed by atoms with van der Waals surface area (Å²) in [6.45, 7) is 6.88. The maximum Gasteiger partial charge on any atom is 0.264 e. The number of amides is 2. The molecule has 2 amide bonds. The van der Waals surface area contributed by atoms with Gasteiger partial charge in [0, 0.05) is 23.1 Å². The van der Waals surface area contributed by atoms with Gasteiger partial charge in [0.25, 0.3) is 10.0 Å². The Morgan fingerprint density at radius 3 is 2.21 bits per heavy atom. The van der Waals surface area contributed by atoms with Crippen LogP contribution in [0.4, 0.5) is 5.69 Å². The van der Waals surface area contributed by atoms with Crippen molar-refractivity contribution in [2.45, 2.75) is 45.2 Å². The summed E-state index contributed by atoms with van der Waals surface area (Å²) >= 11 is 12.7. The number of benzene rings is 3. The van der Waals surface area contributed by atoms with E-state index in [-0.39, 0.29) is 23.0 Å². The van der Waals surface area contributed by atoms with Crippen molar-refractivity contribution in [2.24, 2.45) is 0 Å². The lowest BCUT2D eigenvalue weighted by atomic mass is 10.1. The average Bonchev–Trinajstić information content (AvgIpc) is 2.88. The first-order chi connectivity index (χ1) is 17.9. The van der Waals surface area contributed by atoms with Crippen LogP contribution in [-0.2, 0) is 26.2 Å². The second-order valence-corrected chi connectivity index (χ2v) is 11.6. The number of nitrogens with zero attached hydrogens (tertiary/aromatic N) is 2. The summed E-state index contributed by atoms with van der Waals surface area (Å²) in [5.74, 6) is -0.935. The number of aryl methyl sites for hydroxylation is 2. The number of carbonyl (C=O) groups excluding carboxylic acids is 2. The molecule has 0 aliphatic carbocycles. The molecule has 0 bridgehead atoms. The predicted molar refractivity (Wildman–Crippen MR) is 152 cm³/mol. The molecule has 0 saturated heterocycles. The van der Waals surface area contributed by atoms with Gasteiger partial charge in [-0.3, -0.25) is 13.9 Å². The molecule has 38 heavy (non-hydrogen) atoms. The van der Waals surface area contributed by atoms with Crippen LogP contribution in [0.25, 0.3) is 0 Å². The SMILES string of the molecule is CCNC(=O)[C@@H](C)N(Cc1ccccc1Cl)C(=O)CN(c1ccc(C)c(Cl)c1)S(=O)(=O)c1ccc(C)cc1. The van der Waals surface area contributed by atoms with Crippen molar-refractivity contribution in [3.63, 3.8) is 0 Å². The first kappa shape index (κ1) is 29.5. The first-order valence-corrected chi connectivity index (χ1v) is 14.3. The molecule has 0 aliphatic rings. The monoisotopic (exact) mass is 575 g/mol. The first-order valence-electron chi connectivity index (χ1n) is 12.1. The second-order valence-electron chi connectivity index (χ2n) is 8.94. The standard InChI is InChI=1S/C28H31Cl2N3O4S/c1-5-31-28(35)21(4)32(17-22-8-6-7-9-25(22)29)27(34)18-33(23-13-12-20(3)26(30)16-23)38(36,37)24-14-10-19(2)11-15-24/h6-16,21H,5,17-18H2,1-4H3,(H,31,35)/t21-/m1/s1. The zero-order valence-electron chi connectivity index (χ0n) is 21.7. The lowest BCUT2D eigenvalue weighted by Gasteiger charge is -2.32. The van der Waals surface area contributed by atoms with E-state index >= 15 is 0 Å². The highest BCUT2D eigenvalue weighted by molar-refractivity contribution is 7.92. The number of sulfonamides is 1. The van der Waals surface area contributed by atoms with Gasteiger partial charge in [0.15, 0.2) is 0 Å². The summed E-state index contributed by atoms with van der Waals surface area (Å²) in [5, 5.41) is 3.52. The van der Waals surface area contributed by atoms with E-state index in [1.165, 1.54) is 23.1 Å². The second kappa shape index (κ2) is 12.7. The molecule has 3 aromatic rings. The number of nitrogens with one attached hydrogen (secondary N) is 1. The third-order valence-corrected chi connectivity index (χ3v) is 8.71. The lowest BCUT2D eigenvalue weighted by Crippen LogP contribution is -2.51. The smallest absolute Gasteiger partial charge is 0.264 e. The van der Waals surface area contributed by atoms with Gasteiger partial charge in [-0.2, -0.15) is 0 Å². The average molecular weight is 577 g/mol. The van der Waals surface area contributed by atoms with Crippen LogP contribution in [0.1, 0.15) is 30.5 Å². The minimum atomic E-state index is -4.17. The lowest BCUT2D eigenvalue weighted by molar-refractivity contribution is -0.139. The molecule has 0 aromatic heterocycles. The Kier molecular flexibility index (Phi) is 9.82. The molecule has 0 radical (unpaired) electrons. The van der Waals surface area contributed by atoms with Crippen LogP contribution in [0.15, 0.2) is 71.6 Å². The van der Waals surface area contributed by atoms with Crippen molar-refractivity contribution in [3.05, 3.63) is 93.5 Å². The number of rotatable bonds is 10. The van der Waals surface area contributed by atoms with Gasteiger partial charge in [-0.1, -0.05) is 65.2 Å². The highest BCUT2D eigenvalue weighted by Gasteiger charge is 2.32. The van der Waals surface area contributed by atoms with Gasteiger partial charge >= 0.3 is 0 Å². The number of carbonyl (C=O) groups is 2. The van der Waals surface area contributed by atoms with E-state index in [2.05, 4.69) is 5.32 Å². The van der Waals surface area contributed by atoms with E-state index in [0.717, 1.165) is 15.4 Å². The summed E-state index contributed by atoms with van der Waals surface area (Å²) in [6.07, 6.45) is 0. The Balaban J connectivity index is 2.07. The van der Waals surface area contributed by atoms with E-state index in [1.54, 1.807) is 69.3 Å².